The number of benzene rings is 1. The van der Waals surface area contributed by atoms with E-state index < -0.39 is 23.7 Å². The summed E-state index contributed by atoms with van der Waals surface area (Å²) in [5, 5.41) is 9.37. The minimum atomic E-state index is -1.05. The maximum atomic E-state index is 12.2. The summed E-state index contributed by atoms with van der Waals surface area (Å²) in [4.78, 5) is 24.9. The summed E-state index contributed by atoms with van der Waals surface area (Å²) in [6.07, 6.45) is -0.740. The largest absolute Gasteiger partial charge is 0.497 e. The van der Waals surface area contributed by atoms with Crippen LogP contribution in [0.4, 0.5) is 4.79 Å². The molecule has 1 aliphatic heterocycles. The molecule has 1 aromatic rings. The van der Waals surface area contributed by atoms with E-state index in [1.807, 2.05) is 24.3 Å². The second kappa shape index (κ2) is 7.74. The predicted molar refractivity (Wildman–Crippen MR) is 90.6 cm³/mol. The van der Waals surface area contributed by atoms with Gasteiger partial charge in [0.2, 0.25) is 0 Å². The van der Waals surface area contributed by atoms with Gasteiger partial charge in [0.1, 0.15) is 17.4 Å². The summed E-state index contributed by atoms with van der Waals surface area (Å²) < 4.78 is 16.2. The van der Waals surface area contributed by atoms with Crippen LogP contribution in [0.2, 0.25) is 0 Å². The number of carboxylic acids is 1. The summed E-state index contributed by atoms with van der Waals surface area (Å²) in [6.45, 7) is 5.77. The minimum Gasteiger partial charge on any atom is -0.497 e. The van der Waals surface area contributed by atoms with Crippen LogP contribution in [-0.2, 0) is 20.9 Å². The van der Waals surface area contributed by atoms with E-state index in [0.29, 0.717) is 6.61 Å². The number of nitrogens with zero attached hydrogens (tertiary/aromatic N) is 1. The molecule has 7 nitrogen and oxygen atoms in total. The van der Waals surface area contributed by atoms with Crippen molar-refractivity contribution in [2.75, 3.05) is 13.7 Å². The highest BCUT2D eigenvalue weighted by atomic mass is 16.6. The fourth-order valence-corrected chi connectivity index (χ4v) is 2.61. The van der Waals surface area contributed by atoms with Crippen LogP contribution in [0.25, 0.3) is 0 Å². The van der Waals surface area contributed by atoms with E-state index in [9.17, 15) is 14.7 Å². The molecule has 25 heavy (non-hydrogen) atoms. The standard InChI is InChI=1S/C18H25NO6/c1-18(2,3)25-17(22)19-10-14(9-15(19)16(20)21)24-11-12-5-7-13(23-4)8-6-12/h5-8,14-15H,9-11H2,1-4H3,(H,20,21). The first-order chi connectivity index (χ1) is 11.7. The number of hydrogen-bond donors (Lipinski definition) is 1. The van der Waals surface area contributed by atoms with Crippen molar-refractivity contribution in [2.45, 2.75) is 51.5 Å². The van der Waals surface area contributed by atoms with Gasteiger partial charge in [-0.25, -0.2) is 9.59 Å². The van der Waals surface area contributed by atoms with Crippen LogP contribution in [0.1, 0.15) is 32.8 Å². The average molecular weight is 351 g/mol. The summed E-state index contributed by atoms with van der Waals surface area (Å²) in [5.74, 6) is -0.298. The van der Waals surface area contributed by atoms with E-state index in [2.05, 4.69) is 0 Å². The molecular weight excluding hydrogens is 326 g/mol. The molecule has 138 valence electrons. The predicted octanol–water partition coefficient (Wildman–Crippen LogP) is 2.67. The topological polar surface area (TPSA) is 85.3 Å². The van der Waals surface area contributed by atoms with Gasteiger partial charge < -0.3 is 19.3 Å². The zero-order chi connectivity index (χ0) is 18.6. The number of ether oxygens (including phenoxy) is 3. The zero-order valence-electron chi connectivity index (χ0n) is 15.0. The molecule has 0 bridgehead atoms. The van der Waals surface area contributed by atoms with E-state index in [4.69, 9.17) is 14.2 Å². The first-order valence-electron chi connectivity index (χ1n) is 8.16. The normalized spacial score (nSPS) is 20.4. The highest BCUT2D eigenvalue weighted by molar-refractivity contribution is 5.81. The Balaban J connectivity index is 1.96. The van der Waals surface area contributed by atoms with Crippen molar-refractivity contribution >= 4 is 12.1 Å². The summed E-state index contributed by atoms with van der Waals surface area (Å²) in [5.41, 5.74) is 0.269. The molecule has 1 aromatic carbocycles. The summed E-state index contributed by atoms with van der Waals surface area (Å²) in [7, 11) is 1.60. The fourth-order valence-electron chi connectivity index (χ4n) is 2.61. The van der Waals surface area contributed by atoms with E-state index in [1.54, 1.807) is 27.9 Å². The van der Waals surface area contributed by atoms with E-state index >= 15 is 0 Å². The molecule has 1 aliphatic rings. The third-order valence-corrected chi connectivity index (χ3v) is 3.82. The van der Waals surface area contributed by atoms with E-state index in [0.717, 1.165) is 11.3 Å². The molecule has 1 amide bonds. The lowest BCUT2D eigenvalue weighted by Crippen LogP contribution is -2.43. The molecule has 1 fully saturated rings. The lowest BCUT2D eigenvalue weighted by molar-refractivity contribution is -0.142. The van der Waals surface area contributed by atoms with Crippen LogP contribution >= 0.6 is 0 Å². The fraction of sp³-hybridized carbons (Fsp3) is 0.556. The third-order valence-electron chi connectivity index (χ3n) is 3.82. The summed E-state index contributed by atoms with van der Waals surface area (Å²) in [6, 6.07) is 6.50. The SMILES string of the molecule is COc1ccc(COC2CC(C(=O)O)N(C(=O)OC(C)(C)C)C2)cc1. The molecule has 0 radical (unpaired) electrons. The Morgan fingerprint density at radius 3 is 2.40 bits per heavy atom. The van der Waals surface area contributed by atoms with Crippen LogP contribution < -0.4 is 4.74 Å². The molecular formula is C18H25NO6. The number of rotatable bonds is 5. The second-order valence-corrected chi connectivity index (χ2v) is 7.00. The van der Waals surface area contributed by atoms with Crippen LogP contribution in [0.5, 0.6) is 5.75 Å². The molecule has 1 heterocycles. The molecule has 7 heteroatoms. The molecule has 1 saturated heterocycles. The van der Waals surface area contributed by atoms with E-state index in [1.165, 1.54) is 4.90 Å². The summed E-state index contributed by atoms with van der Waals surface area (Å²) >= 11 is 0. The molecule has 2 rings (SSSR count). The van der Waals surface area contributed by atoms with Gasteiger partial charge in [0.25, 0.3) is 0 Å². The number of hydrogen-bond acceptors (Lipinski definition) is 5. The number of carbonyl (C=O) groups excluding carboxylic acids is 1. The molecule has 0 saturated carbocycles. The van der Waals surface area contributed by atoms with Gasteiger partial charge in [-0.15, -0.1) is 0 Å². The Kier molecular flexibility index (Phi) is 5.89. The van der Waals surface area contributed by atoms with Gasteiger partial charge in [0.15, 0.2) is 0 Å². The van der Waals surface area contributed by atoms with Crippen LogP contribution in [0, 0.1) is 0 Å². The molecule has 0 spiro atoms. The smallest absolute Gasteiger partial charge is 0.411 e. The minimum absolute atomic E-state index is 0.196. The van der Waals surface area contributed by atoms with Gasteiger partial charge in [-0.05, 0) is 38.5 Å². The zero-order valence-corrected chi connectivity index (χ0v) is 15.0. The van der Waals surface area contributed by atoms with Gasteiger partial charge in [-0.1, -0.05) is 12.1 Å². The molecule has 2 atom stereocenters. The van der Waals surface area contributed by atoms with Crippen LogP contribution in [-0.4, -0.2) is 53.5 Å². The third kappa shape index (κ3) is 5.35. The number of amides is 1. The maximum absolute atomic E-state index is 12.2. The lowest BCUT2D eigenvalue weighted by atomic mass is 10.2. The van der Waals surface area contributed by atoms with Crippen molar-refractivity contribution in [3.05, 3.63) is 29.8 Å². The van der Waals surface area contributed by atoms with Crippen molar-refractivity contribution < 1.29 is 28.9 Å². The Labute approximate surface area is 147 Å². The van der Waals surface area contributed by atoms with Crippen LogP contribution in [0.3, 0.4) is 0 Å². The Bertz CT molecular complexity index is 607. The number of carbonyl (C=O) groups is 2. The Hall–Kier alpha value is -2.28. The first kappa shape index (κ1) is 19.1. The first-order valence-corrected chi connectivity index (χ1v) is 8.16. The van der Waals surface area contributed by atoms with Gasteiger partial charge >= 0.3 is 12.1 Å². The second-order valence-electron chi connectivity index (χ2n) is 7.00. The lowest BCUT2D eigenvalue weighted by Gasteiger charge is -2.26. The van der Waals surface area contributed by atoms with Crippen molar-refractivity contribution in [3.8, 4) is 5.75 Å². The van der Waals surface area contributed by atoms with Crippen molar-refractivity contribution in [1.82, 2.24) is 4.90 Å². The monoisotopic (exact) mass is 351 g/mol. The number of carboxylic acid groups (broad SMARTS) is 1. The van der Waals surface area contributed by atoms with Crippen molar-refractivity contribution in [1.29, 1.82) is 0 Å². The molecule has 0 aromatic heterocycles. The van der Waals surface area contributed by atoms with Gasteiger partial charge in [0.05, 0.1) is 26.4 Å². The highest BCUT2D eigenvalue weighted by Gasteiger charge is 2.42. The van der Waals surface area contributed by atoms with Gasteiger partial charge in [-0.3, -0.25) is 4.90 Å². The Morgan fingerprint density at radius 2 is 1.88 bits per heavy atom. The Morgan fingerprint density at radius 1 is 1.24 bits per heavy atom. The van der Waals surface area contributed by atoms with Crippen molar-refractivity contribution in [2.24, 2.45) is 0 Å². The molecule has 0 aliphatic carbocycles. The number of likely N-dealkylation sites (tertiary alicyclic amines) is 1. The number of methoxy groups -OCH3 is 1. The van der Waals surface area contributed by atoms with Crippen LogP contribution in [0.15, 0.2) is 24.3 Å². The molecule has 1 N–H and O–H groups in total. The van der Waals surface area contributed by atoms with Gasteiger partial charge in [-0.2, -0.15) is 0 Å². The van der Waals surface area contributed by atoms with Gasteiger partial charge in [0, 0.05) is 6.42 Å². The molecule has 2 unspecified atom stereocenters. The average Bonchev–Trinajstić information content (AvgIpc) is 2.96. The van der Waals surface area contributed by atoms with Crippen molar-refractivity contribution in [3.63, 3.8) is 0 Å². The highest BCUT2D eigenvalue weighted by Crippen LogP contribution is 2.24. The van der Waals surface area contributed by atoms with E-state index in [-0.39, 0.29) is 19.1 Å². The maximum Gasteiger partial charge on any atom is 0.411 e. The quantitative estimate of drug-likeness (QED) is 0.878. The number of aliphatic carboxylic acids is 1.